The third-order valence-electron chi connectivity index (χ3n) is 5.18. The van der Waals surface area contributed by atoms with Crippen LogP contribution in [0, 0.1) is 12.8 Å². The molecule has 28 heavy (non-hydrogen) atoms. The molecule has 0 aromatic heterocycles. The van der Waals surface area contributed by atoms with Crippen molar-refractivity contribution in [3.05, 3.63) is 64.7 Å². The number of para-hydroxylation sites is 1. The Balaban J connectivity index is 1.96. The first-order valence-corrected chi connectivity index (χ1v) is 9.61. The van der Waals surface area contributed by atoms with E-state index < -0.39 is 17.9 Å². The Bertz CT molecular complexity index is 912. The molecule has 1 N–H and O–H groups in total. The highest BCUT2D eigenvalue weighted by Crippen LogP contribution is 2.30. The Morgan fingerprint density at radius 1 is 0.893 bits per heavy atom. The van der Waals surface area contributed by atoms with Crippen molar-refractivity contribution in [3.63, 3.8) is 0 Å². The number of benzene rings is 2. The van der Waals surface area contributed by atoms with Crippen LogP contribution in [0.3, 0.4) is 0 Å². The molecule has 1 unspecified atom stereocenters. The molecule has 1 heterocycles. The lowest BCUT2D eigenvalue weighted by molar-refractivity contribution is -0.121. The molecule has 146 valence electrons. The normalized spacial score (nSPS) is 14.6. The number of carbonyl (C=O) groups excluding carboxylic acids is 3. The molecular weight excluding hydrogens is 352 g/mol. The van der Waals surface area contributed by atoms with Gasteiger partial charge in [-0.3, -0.25) is 19.3 Å². The lowest BCUT2D eigenvalue weighted by Gasteiger charge is -2.29. The molecule has 1 aliphatic heterocycles. The summed E-state index contributed by atoms with van der Waals surface area (Å²) in [5.41, 5.74) is 3.43. The molecule has 0 bridgehead atoms. The average molecular weight is 378 g/mol. The number of nitrogens with zero attached hydrogens (tertiary/aromatic N) is 1. The van der Waals surface area contributed by atoms with Crippen LogP contribution in [-0.2, 0) is 4.79 Å². The number of anilines is 1. The van der Waals surface area contributed by atoms with Gasteiger partial charge in [0.05, 0.1) is 11.1 Å². The molecule has 5 heteroatoms. The molecule has 3 amide bonds. The van der Waals surface area contributed by atoms with Gasteiger partial charge in [0.25, 0.3) is 11.8 Å². The fourth-order valence-electron chi connectivity index (χ4n) is 3.72. The van der Waals surface area contributed by atoms with Crippen LogP contribution in [-0.4, -0.2) is 28.7 Å². The molecule has 2 aromatic carbocycles. The summed E-state index contributed by atoms with van der Waals surface area (Å²) < 4.78 is 0. The van der Waals surface area contributed by atoms with E-state index in [1.54, 1.807) is 24.3 Å². The molecule has 0 fully saturated rings. The van der Waals surface area contributed by atoms with Crippen LogP contribution in [0.25, 0.3) is 0 Å². The highest BCUT2D eigenvalue weighted by atomic mass is 16.2. The van der Waals surface area contributed by atoms with Crippen molar-refractivity contribution in [2.75, 3.05) is 5.32 Å². The minimum Gasteiger partial charge on any atom is -0.324 e. The first-order chi connectivity index (χ1) is 13.2. The minimum atomic E-state index is -0.882. The van der Waals surface area contributed by atoms with Crippen molar-refractivity contribution in [2.45, 2.75) is 46.6 Å². The Kier molecular flexibility index (Phi) is 5.36. The number of rotatable bonds is 5. The number of aryl methyl sites for hydroxylation is 1. The topological polar surface area (TPSA) is 66.5 Å². The van der Waals surface area contributed by atoms with Crippen molar-refractivity contribution in [1.82, 2.24) is 4.90 Å². The Hall–Kier alpha value is -2.95. The van der Waals surface area contributed by atoms with Gasteiger partial charge in [-0.05, 0) is 42.0 Å². The predicted octanol–water partition coefficient (Wildman–Crippen LogP) is 4.38. The van der Waals surface area contributed by atoms with E-state index >= 15 is 0 Å². The summed E-state index contributed by atoms with van der Waals surface area (Å²) in [7, 11) is 0. The summed E-state index contributed by atoms with van der Waals surface area (Å²) in [4.78, 5) is 40.1. The van der Waals surface area contributed by atoms with E-state index in [1.165, 1.54) is 0 Å². The SMILES string of the molecule is Cc1cccc(C(C)C)c1NC(=O)C(C(C)C)N1C(=O)c2ccccc2C1=O. The first-order valence-electron chi connectivity index (χ1n) is 9.61. The van der Waals surface area contributed by atoms with Crippen LogP contribution in [0.4, 0.5) is 5.69 Å². The zero-order valence-electron chi connectivity index (χ0n) is 16.9. The van der Waals surface area contributed by atoms with Gasteiger partial charge < -0.3 is 5.32 Å². The van der Waals surface area contributed by atoms with Crippen LogP contribution in [0.5, 0.6) is 0 Å². The van der Waals surface area contributed by atoms with Crippen LogP contribution in [0.1, 0.15) is 65.5 Å². The molecule has 1 atom stereocenters. The smallest absolute Gasteiger partial charge is 0.262 e. The molecule has 0 saturated carbocycles. The van der Waals surface area contributed by atoms with Gasteiger partial charge in [-0.1, -0.05) is 58.0 Å². The molecule has 1 aliphatic rings. The minimum absolute atomic E-state index is 0.228. The number of hydrogen-bond acceptors (Lipinski definition) is 3. The van der Waals surface area contributed by atoms with Gasteiger partial charge in [-0.15, -0.1) is 0 Å². The second-order valence-corrected chi connectivity index (χ2v) is 7.90. The summed E-state index contributed by atoms with van der Waals surface area (Å²) in [6.07, 6.45) is 0. The third kappa shape index (κ3) is 3.33. The van der Waals surface area contributed by atoms with Crippen molar-refractivity contribution in [1.29, 1.82) is 0 Å². The standard InChI is InChI=1S/C23H26N2O3/c1-13(2)16-12-8-9-15(5)19(16)24-21(26)20(14(3)4)25-22(27)17-10-6-7-11-18(17)23(25)28/h6-14,20H,1-5H3,(H,24,26). The number of hydrogen-bond donors (Lipinski definition) is 1. The highest BCUT2D eigenvalue weighted by Gasteiger charge is 2.44. The Morgan fingerprint density at radius 2 is 1.46 bits per heavy atom. The summed E-state index contributed by atoms with van der Waals surface area (Å²) in [5.74, 6) is -1.17. The second kappa shape index (κ2) is 7.58. The summed E-state index contributed by atoms with van der Waals surface area (Å²) in [6, 6.07) is 11.7. The predicted molar refractivity (Wildman–Crippen MR) is 109 cm³/mol. The van der Waals surface area contributed by atoms with Gasteiger partial charge in [-0.25, -0.2) is 0 Å². The molecule has 0 saturated heterocycles. The maximum Gasteiger partial charge on any atom is 0.262 e. The molecule has 5 nitrogen and oxygen atoms in total. The average Bonchev–Trinajstić information content (AvgIpc) is 2.89. The van der Waals surface area contributed by atoms with Gasteiger partial charge in [0.15, 0.2) is 0 Å². The number of amides is 3. The van der Waals surface area contributed by atoms with E-state index in [2.05, 4.69) is 19.2 Å². The van der Waals surface area contributed by atoms with Gasteiger partial charge >= 0.3 is 0 Å². The number of fused-ring (bicyclic) bond motifs is 1. The van der Waals surface area contributed by atoms with Gasteiger partial charge in [0.2, 0.25) is 5.91 Å². The molecule has 0 aliphatic carbocycles. The summed E-state index contributed by atoms with van der Waals surface area (Å²) >= 11 is 0. The largest absolute Gasteiger partial charge is 0.324 e. The van der Waals surface area contributed by atoms with Crippen molar-refractivity contribution >= 4 is 23.4 Å². The van der Waals surface area contributed by atoms with Crippen LogP contribution >= 0.6 is 0 Å². The lowest BCUT2D eigenvalue weighted by Crippen LogP contribution is -2.50. The lowest BCUT2D eigenvalue weighted by atomic mass is 9.96. The number of nitrogens with one attached hydrogen (secondary N) is 1. The summed E-state index contributed by atoms with van der Waals surface area (Å²) in [5, 5.41) is 3.00. The quantitative estimate of drug-likeness (QED) is 0.785. The maximum atomic E-state index is 13.3. The molecule has 2 aromatic rings. The van der Waals surface area contributed by atoms with Gasteiger partial charge in [0, 0.05) is 5.69 Å². The van der Waals surface area contributed by atoms with Crippen molar-refractivity contribution < 1.29 is 14.4 Å². The van der Waals surface area contributed by atoms with E-state index in [1.807, 2.05) is 39.0 Å². The van der Waals surface area contributed by atoms with Crippen LogP contribution in [0.2, 0.25) is 0 Å². The monoisotopic (exact) mass is 378 g/mol. The van der Waals surface area contributed by atoms with Gasteiger partial charge in [-0.2, -0.15) is 0 Å². The zero-order valence-corrected chi connectivity index (χ0v) is 16.9. The van der Waals surface area contributed by atoms with Gasteiger partial charge in [0.1, 0.15) is 6.04 Å². The molecule has 0 radical (unpaired) electrons. The highest BCUT2D eigenvalue weighted by molar-refractivity contribution is 6.23. The first kappa shape index (κ1) is 19.8. The fourth-order valence-corrected chi connectivity index (χ4v) is 3.72. The van der Waals surface area contributed by atoms with Crippen LogP contribution < -0.4 is 5.32 Å². The molecule has 3 rings (SSSR count). The van der Waals surface area contributed by atoms with E-state index in [-0.39, 0.29) is 17.7 Å². The summed E-state index contributed by atoms with van der Waals surface area (Å²) in [6.45, 7) is 9.75. The van der Waals surface area contributed by atoms with E-state index in [9.17, 15) is 14.4 Å². The van der Waals surface area contributed by atoms with E-state index in [4.69, 9.17) is 0 Å². The molecule has 0 spiro atoms. The Labute approximate surface area is 165 Å². The van der Waals surface area contributed by atoms with Crippen molar-refractivity contribution in [3.8, 4) is 0 Å². The number of carbonyl (C=O) groups is 3. The fraction of sp³-hybridized carbons (Fsp3) is 0.348. The van der Waals surface area contributed by atoms with Crippen molar-refractivity contribution in [2.24, 2.45) is 5.92 Å². The third-order valence-corrected chi connectivity index (χ3v) is 5.18. The second-order valence-electron chi connectivity index (χ2n) is 7.90. The number of imide groups is 1. The van der Waals surface area contributed by atoms with Crippen LogP contribution in [0.15, 0.2) is 42.5 Å². The Morgan fingerprint density at radius 3 is 1.96 bits per heavy atom. The van der Waals surface area contributed by atoms with E-state index in [0.717, 1.165) is 21.7 Å². The van der Waals surface area contributed by atoms with E-state index in [0.29, 0.717) is 11.1 Å². The molecular formula is C23H26N2O3. The zero-order chi connectivity index (χ0) is 20.6. The maximum absolute atomic E-state index is 13.3.